The molecule has 1 aromatic rings. The molecule has 1 aromatic carbocycles. The second kappa shape index (κ2) is 6.77. The Morgan fingerprint density at radius 2 is 2.19 bits per heavy atom. The standard InChI is InChI=1S/C17H28N2O2/c1-17(20,12-19(2)3)11-18-16-7-5-6-13-10-14(21-4)8-9-15(13)16/h8-10,16,18,20H,5-7,11-12H2,1-4H3. The van der Waals surface area contributed by atoms with Crippen LogP contribution in [0.5, 0.6) is 5.75 Å². The maximum Gasteiger partial charge on any atom is 0.119 e. The molecule has 118 valence electrons. The number of likely N-dealkylation sites (N-methyl/N-ethyl adjacent to an activating group) is 1. The van der Waals surface area contributed by atoms with E-state index in [1.807, 2.05) is 32.0 Å². The number of hydrogen-bond acceptors (Lipinski definition) is 4. The van der Waals surface area contributed by atoms with Crippen LogP contribution < -0.4 is 10.1 Å². The number of ether oxygens (including phenoxy) is 1. The molecule has 2 N–H and O–H groups in total. The first-order chi connectivity index (χ1) is 9.91. The van der Waals surface area contributed by atoms with E-state index >= 15 is 0 Å². The first-order valence-electron chi connectivity index (χ1n) is 7.68. The van der Waals surface area contributed by atoms with E-state index in [2.05, 4.69) is 17.4 Å². The Kier molecular flexibility index (Phi) is 5.25. The maximum absolute atomic E-state index is 10.4. The van der Waals surface area contributed by atoms with Gasteiger partial charge in [0.1, 0.15) is 5.75 Å². The predicted molar refractivity (Wildman–Crippen MR) is 85.9 cm³/mol. The summed E-state index contributed by atoms with van der Waals surface area (Å²) in [6.07, 6.45) is 3.41. The van der Waals surface area contributed by atoms with Crippen LogP contribution in [0, 0.1) is 0 Å². The lowest BCUT2D eigenvalue weighted by molar-refractivity contribution is 0.0307. The molecule has 1 aliphatic rings. The van der Waals surface area contributed by atoms with Crippen LogP contribution in [0.4, 0.5) is 0 Å². The monoisotopic (exact) mass is 292 g/mol. The van der Waals surface area contributed by atoms with Crippen LogP contribution in [-0.2, 0) is 6.42 Å². The summed E-state index contributed by atoms with van der Waals surface area (Å²) in [6.45, 7) is 3.14. The molecule has 1 aliphatic carbocycles. The molecule has 0 bridgehead atoms. The van der Waals surface area contributed by atoms with Gasteiger partial charge in [0.15, 0.2) is 0 Å². The summed E-state index contributed by atoms with van der Waals surface area (Å²) in [5.41, 5.74) is 2.00. The van der Waals surface area contributed by atoms with Crippen molar-refractivity contribution in [3.8, 4) is 5.75 Å². The number of nitrogens with zero attached hydrogens (tertiary/aromatic N) is 1. The highest BCUT2D eigenvalue weighted by Crippen LogP contribution is 2.32. The van der Waals surface area contributed by atoms with E-state index < -0.39 is 5.60 Å². The van der Waals surface area contributed by atoms with Crippen molar-refractivity contribution < 1.29 is 9.84 Å². The van der Waals surface area contributed by atoms with Crippen molar-refractivity contribution in [2.24, 2.45) is 0 Å². The number of benzene rings is 1. The second-order valence-electron chi connectivity index (χ2n) is 6.63. The highest BCUT2D eigenvalue weighted by Gasteiger charge is 2.25. The van der Waals surface area contributed by atoms with E-state index in [1.54, 1.807) is 7.11 Å². The quantitative estimate of drug-likeness (QED) is 0.841. The van der Waals surface area contributed by atoms with Crippen molar-refractivity contribution >= 4 is 0 Å². The highest BCUT2D eigenvalue weighted by atomic mass is 16.5. The molecule has 21 heavy (non-hydrogen) atoms. The van der Waals surface area contributed by atoms with E-state index in [9.17, 15) is 5.11 Å². The summed E-state index contributed by atoms with van der Waals surface area (Å²) in [7, 11) is 5.67. The molecule has 0 saturated carbocycles. The summed E-state index contributed by atoms with van der Waals surface area (Å²) in [5, 5.41) is 14.0. The minimum atomic E-state index is -0.715. The van der Waals surface area contributed by atoms with Crippen molar-refractivity contribution in [2.45, 2.75) is 37.8 Å². The first kappa shape index (κ1) is 16.3. The fraction of sp³-hybridized carbons (Fsp3) is 0.647. The molecule has 0 spiro atoms. The Balaban J connectivity index is 2.03. The van der Waals surface area contributed by atoms with Crippen molar-refractivity contribution in [1.29, 1.82) is 0 Å². The van der Waals surface area contributed by atoms with Gasteiger partial charge in [-0.25, -0.2) is 0 Å². The number of rotatable bonds is 6. The zero-order valence-electron chi connectivity index (χ0n) is 13.6. The van der Waals surface area contributed by atoms with Gasteiger partial charge < -0.3 is 20.1 Å². The molecule has 2 unspecified atom stereocenters. The average molecular weight is 292 g/mol. The van der Waals surface area contributed by atoms with Gasteiger partial charge in [-0.3, -0.25) is 0 Å². The summed E-state index contributed by atoms with van der Waals surface area (Å²) in [5.74, 6) is 0.925. The number of nitrogens with one attached hydrogen (secondary N) is 1. The predicted octanol–water partition coefficient (Wildman–Crippen LogP) is 1.97. The smallest absolute Gasteiger partial charge is 0.119 e. The van der Waals surface area contributed by atoms with Gasteiger partial charge in [0.05, 0.1) is 12.7 Å². The van der Waals surface area contributed by atoms with Gasteiger partial charge in [0.25, 0.3) is 0 Å². The lowest BCUT2D eigenvalue weighted by atomic mass is 9.87. The van der Waals surface area contributed by atoms with Gasteiger partial charge in [0.2, 0.25) is 0 Å². The average Bonchev–Trinajstić information content (AvgIpc) is 2.43. The molecule has 4 heteroatoms. The summed E-state index contributed by atoms with van der Waals surface area (Å²) in [6, 6.07) is 6.65. The minimum absolute atomic E-state index is 0.327. The fourth-order valence-electron chi connectivity index (χ4n) is 3.21. The van der Waals surface area contributed by atoms with Crippen LogP contribution in [0.15, 0.2) is 18.2 Å². The first-order valence-corrected chi connectivity index (χ1v) is 7.68. The van der Waals surface area contributed by atoms with Gasteiger partial charge in [0, 0.05) is 19.1 Å². The molecule has 2 atom stereocenters. The van der Waals surface area contributed by atoms with E-state index in [1.165, 1.54) is 17.5 Å². The Hall–Kier alpha value is -1.10. The molecular formula is C17H28N2O2. The zero-order valence-corrected chi connectivity index (χ0v) is 13.6. The highest BCUT2D eigenvalue weighted by molar-refractivity contribution is 5.39. The molecule has 0 heterocycles. The normalized spacial score (nSPS) is 21.0. The van der Waals surface area contributed by atoms with Crippen molar-refractivity contribution in [3.63, 3.8) is 0 Å². The zero-order chi connectivity index (χ0) is 15.5. The van der Waals surface area contributed by atoms with Crippen LogP contribution in [0.3, 0.4) is 0 Å². The van der Waals surface area contributed by atoms with Gasteiger partial charge in [-0.2, -0.15) is 0 Å². The Bertz CT molecular complexity index is 472. The molecule has 2 rings (SSSR count). The molecular weight excluding hydrogens is 264 g/mol. The van der Waals surface area contributed by atoms with Crippen LogP contribution in [0.1, 0.15) is 36.9 Å². The number of aryl methyl sites for hydroxylation is 1. The van der Waals surface area contributed by atoms with Gasteiger partial charge in [-0.1, -0.05) is 6.07 Å². The Labute approximate surface area is 128 Å². The fourth-order valence-corrected chi connectivity index (χ4v) is 3.21. The van der Waals surface area contributed by atoms with E-state index in [0.717, 1.165) is 18.6 Å². The number of methoxy groups -OCH3 is 1. The molecule has 0 aliphatic heterocycles. The minimum Gasteiger partial charge on any atom is -0.497 e. The summed E-state index contributed by atoms with van der Waals surface area (Å²) < 4.78 is 5.31. The van der Waals surface area contributed by atoms with Crippen LogP contribution >= 0.6 is 0 Å². The van der Waals surface area contributed by atoms with Crippen LogP contribution in [-0.4, -0.2) is 49.9 Å². The van der Waals surface area contributed by atoms with Crippen LogP contribution in [0.2, 0.25) is 0 Å². The van der Waals surface area contributed by atoms with Gasteiger partial charge >= 0.3 is 0 Å². The molecule has 0 saturated heterocycles. The van der Waals surface area contributed by atoms with E-state index in [4.69, 9.17) is 4.74 Å². The largest absolute Gasteiger partial charge is 0.497 e. The Morgan fingerprint density at radius 1 is 1.43 bits per heavy atom. The van der Waals surface area contributed by atoms with Crippen molar-refractivity contribution in [2.75, 3.05) is 34.3 Å². The number of hydrogen-bond donors (Lipinski definition) is 2. The number of fused-ring (bicyclic) bond motifs is 1. The Morgan fingerprint density at radius 3 is 2.86 bits per heavy atom. The molecule has 0 amide bonds. The lowest BCUT2D eigenvalue weighted by Crippen LogP contribution is -2.46. The molecule has 0 fully saturated rings. The summed E-state index contributed by atoms with van der Waals surface area (Å²) in [4.78, 5) is 2.02. The van der Waals surface area contributed by atoms with Crippen molar-refractivity contribution in [3.05, 3.63) is 29.3 Å². The third kappa shape index (κ3) is 4.43. The summed E-state index contributed by atoms with van der Waals surface area (Å²) >= 11 is 0. The molecule has 0 radical (unpaired) electrons. The maximum atomic E-state index is 10.4. The van der Waals surface area contributed by atoms with Gasteiger partial charge in [-0.15, -0.1) is 0 Å². The van der Waals surface area contributed by atoms with Crippen LogP contribution in [0.25, 0.3) is 0 Å². The topological polar surface area (TPSA) is 44.7 Å². The van der Waals surface area contributed by atoms with E-state index in [-0.39, 0.29) is 0 Å². The van der Waals surface area contributed by atoms with Gasteiger partial charge in [-0.05, 0) is 63.5 Å². The molecule has 4 nitrogen and oxygen atoms in total. The second-order valence-corrected chi connectivity index (χ2v) is 6.63. The van der Waals surface area contributed by atoms with E-state index in [0.29, 0.717) is 19.1 Å². The lowest BCUT2D eigenvalue weighted by Gasteiger charge is -2.32. The molecule has 0 aromatic heterocycles. The third-order valence-electron chi connectivity index (χ3n) is 4.05. The number of aliphatic hydroxyl groups is 1. The SMILES string of the molecule is COc1ccc2c(c1)CCCC2NCC(C)(O)CN(C)C. The van der Waals surface area contributed by atoms with Crippen molar-refractivity contribution in [1.82, 2.24) is 10.2 Å². The third-order valence-corrected chi connectivity index (χ3v) is 4.05.